The molecule has 1 heterocycles. The predicted octanol–water partition coefficient (Wildman–Crippen LogP) is 3.39. The van der Waals surface area contributed by atoms with E-state index in [4.69, 9.17) is 45.7 Å². The van der Waals surface area contributed by atoms with Gasteiger partial charge in [-0.2, -0.15) is 0 Å². The monoisotopic (exact) mass is 438 g/mol. The minimum absolute atomic E-state index is 0.0512. The quantitative estimate of drug-likeness (QED) is 0.331. The summed E-state index contributed by atoms with van der Waals surface area (Å²) >= 11 is 19.4. The number of anilines is 2. The van der Waals surface area contributed by atoms with Gasteiger partial charge in [-0.05, 0) is 42.3 Å². The lowest BCUT2D eigenvalue weighted by atomic mass is 10.0. The van der Waals surface area contributed by atoms with E-state index in [2.05, 4.69) is 10.0 Å². The summed E-state index contributed by atoms with van der Waals surface area (Å²) in [4.78, 5) is 0.0826. The van der Waals surface area contributed by atoms with E-state index < -0.39 is 14.9 Å². The summed E-state index contributed by atoms with van der Waals surface area (Å²) in [5.74, 6) is 0. The molecule has 2 aromatic carbocycles. The van der Waals surface area contributed by atoms with Gasteiger partial charge in [0.2, 0.25) is 10.0 Å². The Hall–Kier alpha value is -0.870. The molecule has 25 heavy (non-hydrogen) atoms. The number of hydrogen-bond donors (Lipinski definition) is 4. The Morgan fingerprint density at radius 1 is 1.16 bits per heavy atom. The molecule has 134 valence electrons. The van der Waals surface area contributed by atoms with Crippen LogP contribution in [0.4, 0.5) is 11.4 Å². The smallest absolute Gasteiger partial charge is 0.238 e. The van der Waals surface area contributed by atoms with Gasteiger partial charge in [0, 0.05) is 21.7 Å². The normalized spacial score (nSPS) is 17.2. The number of halogens is 3. The van der Waals surface area contributed by atoms with Gasteiger partial charge >= 0.3 is 0 Å². The van der Waals surface area contributed by atoms with Crippen LogP contribution in [-0.2, 0) is 10.0 Å². The zero-order chi connectivity index (χ0) is 18.4. The highest BCUT2D eigenvalue weighted by atomic mass is 35.5. The molecule has 11 heteroatoms. The first kappa shape index (κ1) is 18.9. The van der Waals surface area contributed by atoms with Gasteiger partial charge in [-0.15, -0.1) is 23.2 Å². The lowest BCUT2D eigenvalue weighted by Crippen LogP contribution is -2.40. The molecule has 0 aliphatic carbocycles. The predicted molar refractivity (Wildman–Crippen MR) is 105 cm³/mol. The second kappa shape index (κ2) is 7.03. The number of benzene rings is 2. The van der Waals surface area contributed by atoms with Crippen molar-refractivity contribution in [2.24, 2.45) is 5.14 Å². The number of hydrogen-bond acceptors (Lipinski definition) is 6. The van der Waals surface area contributed by atoms with Gasteiger partial charge < -0.3 is 11.1 Å². The highest BCUT2D eigenvalue weighted by Gasteiger charge is 2.25. The average Bonchev–Trinajstić information content (AvgIpc) is 2.52. The van der Waals surface area contributed by atoms with E-state index in [1.54, 1.807) is 12.1 Å². The second-order valence-corrected chi connectivity index (χ2v) is 9.29. The SMILES string of the molecule is Nc1ccc(S(N)(=O)=O)c(-c2cc3c(cc2Cl)NC(C(Cl)Cl)NS3)c1. The lowest BCUT2D eigenvalue weighted by Gasteiger charge is -2.29. The van der Waals surface area contributed by atoms with Crippen molar-refractivity contribution in [3.63, 3.8) is 0 Å². The van der Waals surface area contributed by atoms with Gasteiger partial charge in [0.25, 0.3) is 0 Å². The molecule has 0 amide bonds. The standard InChI is InChI=1S/C14H13Cl3N4O2S2/c15-9-5-10-11(24-21-14(20-10)13(16)17)4-7(9)8-3-6(18)1-2-12(8)25(19,22)23/h1-5,13-14,20-21H,18H2,(H2,19,22,23). The van der Waals surface area contributed by atoms with Crippen molar-refractivity contribution in [1.29, 1.82) is 0 Å². The van der Waals surface area contributed by atoms with Crippen LogP contribution in [0.1, 0.15) is 0 Å². The zero-order valence-electron chi connectivity index (χ0n) is 12.5. The fourth-order valence-electron chi connectivity index (χ4n) is 2.40. The van der Waals surface area contributed by atoms with Crippen LogP contribution in [0.25, 0.3) is 11.1 Å². The fourth-order valence-corrected chi connectivity index (χ4v) is 4.66. The van der Waals surface area contributed by atoms with E-state index >= 15 is 0 Å². The Balaban J connectivity index is 2.14. The topological polar surface area (TPSA) is 110 Å². The molecule has 1 atom stereocenters. The van der Waals surface area contributed by atoms with Gasteiger partial charge in [-0.25, -0.2) is 18.3 Å². The minimum atomic E-state index is -3.94. The molecule has 0 saturated carbocycles. The van der Waals surface area contributed by atoms with Gasteiger partial charge in [-0.3, -0.25) is 0 Å². The molecule has 3 rings (SSSR count). The summed E-state index contributed by atoms with van der Waals surface area (Å²) in [5, 5.41) is 8.77. The molecule has 0 radical (unpaired) electrons. The van der Waals surface area contributed by atoms with Crippen LogP contribution in [0.2, 0.25) is 5.02 Å². The van der Waals surface area contributed by atoms with Crippen molar-refractivity contribution >= 4 is 68.1 Å². The number of rotatable bonds is 3. The maximum atomic E-state index is 11.9. The molecule has 0 aromatic heterocycles. The maximum absolute atomic E-state index is 11.9. The Bertz CT molecular complexity index is 938. The largest absolute Gasteiger partial charge is 0.399 e. The molecule has 1 aliphatic rings. The molecule has 0 fully saturated rings. The third kappa shape index (κ3) is 3.95. The van der Waals surface area contributed by atoms with Crippen LogP contribution in [0, 0.1) is 0 Å². The van der Waals surface area contributed by atoms with Gasteiger partial charge in [0.05, 0.1) is 15.6 Å². The number of nitrogen functional groups attached to an aromatic ring is 1. The number of nitrogens with two attached hydrogens (primary N) is 2. The summed E-state index contributed by atoms with van der Waals surface area (Å²) < 4.78 is 26.8. The number of nitrogens with one attached hydrogen (secondary N) is 2. The van der Waals surface area contributed by atoms with Crippen LogP contribution in [-0.4, -0.2) is 19.4 Å². The molecular weight excluding hydrogens is 427 g/mol. The van der Waals surface area contributed by atoms with Crippen LogP contribution in [0.5, 0.6) is 0 Å². The third-order valence-electron chi connectivity index (χ3n) is 3.53. The van der Waals surface area contributed by atoms with Crippen molar-refractivity contribution in [2.45, 2.75) is 20.8 Å². The lowest BCUT2D eigenvalue weighted by molar-refractivity contribution is 0.598. The highest BCUT2D eigenvalue weighted by molar-refractivity contribution is 7.97. The number of primary sulfonamides is 1. The van der Waals surface area contributed by atoms with E-state index in [0.29, 0.717) is 21.8 Å². The Kier molecular flexibility index (Phi) is 5.32. The number of alkyl halides is 2. The second-order valence-electron chi connectivity index (χ2n) is 5.31. The molecule has 2 aromatic rings. The first-order valence-corrected chi connectivity index (χ1v) is 10.5. The molecule has 6 nitrogen and oxygen atoms in total. The molecule has 1 aliphatic heterocycles. The van der Waals surface area contributed by atoms with Gasteiger partial charge in [0.15, 0.2) is 0 Å². The van der Waals surface area contributed by atoms with Crippen LogP contribution < -0.4 is 20.9 Å². The average molecular weight is 440 g/mol. The Morgan fingerprint density at radius 3 is 2.52 bits per heavy atom. The van der Waals surface area contributed by atoms with E-state index in [-0.39, 0.29) is 11.1 Å². The van der Waals surface area contributed by atoms with Gasteiger partial charge in [-0.1, -0.05) is 11.6 Å². The number of fused-ring (bicyclic) bond motifs is 1. The molecule has 0 saturated heterocycles. The molecule has 6 N–H and O–H groups in total. The van der Waals surface area contributed by atoms with Gasteiger partial charge in [0.1, 0.15) is 11.0 Å². The van der Waals surface area contributed by atoms with Crippen LogP contribution in [0.3, 0.4) is 0 Å². The molecular formula is C14H13Cl3N4O2S2. The van der Waals surface area contributed by atoms with E-state index in [0.717, 1.165) is 10.6 Å². The van der Waals surface area contributed by atoms with Crippen molar-refractivity contribution in [1.82, 2.24) is 4.72 Å². The van der Waals surface area contributed by atoms with Crippen molar-refractivity contribution in [2.75, 3.05) is 11.1 Å². The highest BCUT2D eigenvalue weighted by Crippen LogP contribution is 2.41. The van der Waals surface area contributed by atoms with Crippen molar-refractivity contribution in [3.8, 4) is 11.1 Å². The minimum Gasteiger partial charge on any atom is -0.399 e. The summed E-state index contributed by atoms with van der Waals surface area (Å²) in [6.45, 7) is 0. The van der Waals surface area contributed by atoms with Crippen LogP contribution in [0.15, 0.2) is 40.1 Å². The van der Waals surface area contributed by atoms with E-state index in [1.165, 1.54) is 30.1 Å². The summed E-state index contributed by atoms with van der Waals surface area (Å²) in [6.07, 6.45) is -0.352. The Labute approximate surface area is 164 Å². The summed E-state index contributed by atoms with van der Waals surface area (Å²) in [5.41, 5.74) is 7.77. The fraction of sp³-hybridized carbons (Fsp3) is 0.143. The summed E-state index contributed by atoms with van der Waals surface area (Å²) in [7, 11) is -3.94. The third-order valence-corrected chi connectivity index (χ3v) is 6.24. The first-order valence-electron chi connectivity index (χ1n) is 6.90. The van der Waals surface area contributed by atoms with E-state index in [1.807, 2.05) is 0 Å². The molecule has 0 bridgehead atoms. The van der Waals surface area contributed by atoms with E-state index in [9.17, 15) is 8.42 Å². The molecule has 0 spiro atoms. The van der Waals surface area contributed by atoms with Crippen molar-refractivity contribution < 1.29 is 8.42 Å². The summed E-state index contributed by atoms with van der Waals surface area (Å²) in [6, 6.07) is 7.79. The molecule has 1 unspecified atom stereocenters. The van der Waals surface area contributed by atoms with Crippen LogP contribution >= 0.6 is 46.8 Å². The zero-order valence-corrected chi connectivity index (χ0v) is 16.4. The number of sulfonamides is 1. The Morgan fingerprint density at radius 2 is 1.88 bits per heavy atom. The maximum Gasteiger partial charge on any atom is 0.238 e. The van der Waals surface area contributed by atoms with Crippen molar-refractivity contribution in [3.05, 3.63) is 35.4 Å². The first-order chi connectivity index (χ1) is 11.7.